The van der Waals surface area contributed by atoms with E-state index < -0.39 is 0 Å². The van der Waals surface area contributed by atoms with Crippen LogP contribution in [0.2, 0.25) is 0 Å². The molecule has 0 radical (unpaired) electrons. The zero-order chi connectivity index (χ0) is 24.5. The first kappa shape index (κ1) is 25.8. The highest BCUT2D eigenvalue weighted by Crippen LogP contribution is 2.68. The second-order valence-corrected chi connectivity index (χ2v) is 12.3. The molecule has 0 aromatic heterocycles. The number of azide groups is 1. The third-order valence-electron chi connectivity index (χ3n) is 11.0. The van der Waals surface area contributed by atoms with Gasteiger partial charge in [-0.15, -0.1) is 0 Å². The SMILES string of the molecule is COC(=O)CC[C@@H](C)[C@H]1CC[C@H]2[C@@H]3[C@H](O)CC4C[C@@H](OCCN=[N+]=[N-])CC[C@]4(C)[C@H]3CC[C@]12C. The molecule has 10 atom stereocenters. The summed E-state index contributed by atoms with van der Waals surface area (Å²) >= 11 is 0. The van der Waals surface area contributed by atoms with Crippen molar-refractivity contribution in [3.05, 3.63) is 10.4 Å². The predicted octanol–water partition coefficient (Wildman–Crippen LogP) is 5.90. The van der Waals surface area contributed by atoms with Gasteiger partial charge in [0.2, 0.25) is 0 Å². The average Bonchev–Trinajstić information content (AvgIpc) is 3.18. The van der Waals surface area contributed by atoms with Crippen LogP contribution >= 0.6 is 0 Å². The molecule has 0 saturated heterocycles. The second kappa shape index (κ2) is 10.4. The van der Waals surface area contributed by atoms with E-state index in [1.165, 1.54) is 39.2 Å². The molecule has 0 amide bonds. The fourth-order valence-corrected chi connectivity index (χ4v) is 9.26. The number of aliphatic hydroxyl groups is 1. The van der Waals surface area contributed by atoms with Gasteiger partial charge in [-0.05, 0) is 110 Å². The molecule has 0 heterocycles. The van der Waals surface area contributed by atoms with E-state index in [1.54, 1.807) is 0 Å². The molecule has 4 aliphatic rings. The number of carbonyl (C=O) groups is 1. The van der Waals surface area contributed by atoms with Crippen molar-refractivity contribution in [3.63, 3.8) is 0 Å². The number of methoxy groups -OCH3 is 1. The third-order valence-corrected chi connectivity index (χ3v) is 11.0. The molecule has 4 saturated carbocycles. The molecule has 4 rings (SSSR count). The monoisotopic (exact) mass is 475 g/mol. The smallest absolute Gasteiger partial charge is 0.305 e. The number of ether oxygens (including phenoxy) is 2. The number of nitrogens with zero attached hydrogens (tertiary/aromatic N) is 3. The molecule has 0 bridgehead atoms. The minimum absolute atomic E-state index is 0.102. The highest BCUT2D eigenvalue weighted by molar-refractivity contribution is 5.69. The minimum atomic E-state index is -0.223. The van der Waals surface area contributed by atoms with Crippen LogP contribution in [0, 0.1) is 46.3 Å². The zero-order valence-corrected chi connectivity index (χ0v) is 21.6. The Morgan fingerprint density at radius 2 is 1.88 bits per heavy atom. The van der Waals surface area contributed by atoms with Crippen molar-refractivity contribution < 1.29 is 19.4 Å². The third kappa shape index (κ3) is 4.60. The number of hydrogen-bond acceptors (Lipinski definition) is 5. The lowest BCUT2D eigenvalue weighted by Gasteiger charge is -2.62. The van der Waals surface area contributed by atoms with E-state index in [4.69, 9.17) is 15.0 Å². The molecule has 4 fully saturated rings. The molecule has 0 aromatic carbocycles. The van der Waals surface area contributed by atoms with Crippen molar-refractivity contribution in [3.8, 4) is 0 Å². The van der Waals surface area contributed by atoms with Gasteiger partial charge in [0.15, 0.2) is 0 Å². The van der Waals surface area contributed by atoms with Crippen LogP contribution in [0.4, 0.5) is 0 Å². The Balaban J connectivity index is 1.44. The van der Waals surface area contributed by atoms with Gasteiger partial charge in [0, 0.05) is 17.9 Å². The Labute approximate surface area is 205 Å². The summed E-state index contributed by atoms with van der Waals surface area (Å²) in [5.41, 5.74) is 9.02. The van der Waals surface area contributed by atoms with E-state index in [2.05, 4.69) is 30.8 Å². The molecule has 34 heavy (non-hydrogen) atoms. The van der Waals surface area contributed by atoms with Gasteiger partial charge in [-0.2, -0.15) is 0 Å². The average molecular weight is 476 g/mol. The van der Waals surface area contributed by atoms with E-state index in [9.17, 15) is 9.90 Å². The molecule has 4 aliphatic carbocycles. The normalized spacial score (nSPS) is 44.2. The number of esters is 1. The molecular weight excluding hydrogens is 430 g/mol. The summed E-state index contributed by atoms with van der Waals surface area (Å²) in [5.74, 6) is 3.11. The fraction of sp³-hybridized carbons (Fsp3) is 0.963. The Kier molecular flexibility index (Phi) is 7.86. The number of hydrogen-bond donors (Lipinski definition) is 1. The molecule has 0 aromatic rings. The van der Waals surface area contributed by atoms with Crippen LogP contribution < -0.4 is 0 Å². The van der Waals surface area contributed by atoms with Crippen molar-refractivity contribution >= 4 is 5.97 Å². The molecule has 1 unspecified atom stereocenters. The fourth-order valence-electron chi connectivity index (χ4n) is 9.26. The van der Waals surface area contributed by atoms with E-state index >= 15 is 0 Å². The number of fused-ring (bicyclic) bond motifs is 5. The van der Waals surface area contributed by atoms with Crippen LogP contribution in [-0.4, -0.2) is 43.5 Å². The van der Waals surface area contributed by atoms with Gasteiger partial charge >= 0.3 is 5.97 Å². The molecular formula is C27H45N3O4. The van der Waals surface area contributed by atoms with Crippen LogP contribution in [0.5, 0.6) is 0 Å². The lowest BCUT2D eigenvalue weighted by atomic mass is 9.43. The quantitative estimate of drug-likeness (QED) is 0.155. The Morgan fingerprint density at radius 3 is 2.62 bits per heavy atom. The van der Waals surface area contributed by atoms with Crippen LogP contribution in [-0.2, 0) is 14.3 Å². The summed E-state index contributed by atoms with van der Waals surface area (Å²) < 4.78 is 10.9. The summed E-state index contributed by atoms with van der Waals surface area (Å²) in [7, 11) is 1.47. The van der Waals surface area contributed by atoms with Gasteiger partial charge in [-0.1, -0.05) is 25.9 Å². The first-order valence-electron chi connectivity index (χ1n) is 13.6. The standard InChI is InChI=1S/C27H45N3O4/c1-17(5-8-24(32)33-4)20-6-7-21-25-22(10-12-27(20,21)3)26(2)11-9-19(34-14-13-29-30-28)15-18(26)16-23(25)31/h17-23,25,31H,5-16H2,1-4H3/t17-,18?,19+,20-,21+,22+,23-,25+,26+,27-/m1/s1. The van der Waals surface area contributed by atoms with Crippen LogP contribution in [0.3, 0.4) is 0 Å². The summed E-state index contributed by atoms with van der Waals surface area (Å²) in [6.45, 7) is 8.21. The summed E-state index contributed by atoms with van der Waals surface area (Å²) in [6, 6.07) is 0. The lowest BCUT2D eigenvalue weighted by Crippen LogP contribution is -2.58. The molecule has 1 N–H and O–H groups in total. The van der Waals surface area contributed by atoms with Gasteiger partial charge in [-0.3, -0.25) is 4.79 Å². The van der Waals surface area contributed by atoms with Crippen LogP contribution in [0.15, 0.2) is 5.11 Å². The van der Waals surface area contributed by atoms with Gasteiger partial charge in [-0.25, -0.2) is 0 Å². The van der Waals surface area contributed by atoms with Crippen molar-refractivity contribution in [2.24, 2.45) is 51.5 Å². The number of aliphatic hydroxyl groups excluding tert-OH is 1. The summed E-state index contributed by atoms with van der Waals surface area (Å²) in [6.07, 6.45) is 10.4. The highest BCUT2D eigenvalue weighted by Gasteiger charge is 2.62. The van der Waals surface area contributed by atoms with E-state index in [0.29, 0.717) is 55.1 Å². The molecule has 0 aliphatic heterocycles. The van der Waals surface area contributed by atoms with Crippen molar-refractivity contribution in [2.75, 3.05) is 20.3 Å². The Morgan fingerprint density at radius 1 is 1.15 bits per heavy atom. The second-order valence-electron chi connectivity index (χ2n) is 12.3. The predicted molar refractivity (Wildman–Crippen MR) is 131 cm³/mol. The zero-order valence-electron chi connectivity index (χ0n) is 21.6. The molecule has 0 spiro atoms. The maximum atomic E-state index is 11.7. The lowest BCUT2D eigenvalue weighted by molar-refractivity contribution is -0.178. The number of rotatable bonds is 8. The first-order valence-corrected chi connectivity index (χ1v) is 13.6. The van der Waals surface area contributed by atoms with Crippen molar-refractivity contribution in [1.82, 2.24) is 0 Å². The van der Waals surface area contributed by atoms with Crippen molar-refractivity contribution in [2.45, 2.75) is 97.2 Å². The van der Waals surface area contributed by atoms with Crippen LogP contribution in [0.1, 0.15) is 85.0 Å². The molecule has 192 valence electrons. The van der Waals surface area contributed by atoms with Crippen LogP contribution in [0.25, 0.3) is 10.4 Å². The van der Waals surface area contributed by atoms with E-state index in [0.717, 1.165) is 25.7 Å². The highest BCUT2D eigenvalue weighted by atomic mass is 16.5. The summed E-state index contributed by atoms with van der Waals surface area (Å²) in [5, 5.41) is 15.1. The maximum absolute atomic E-state index is 11.7. The molecule has 7 nitrogen and oxygen atoms in total. The molecule has 7 heteroatoms. The van der Waals surface area contributed by atoms with E-state index in [1.807, 2.05) is 0 Å². The number of carbonyl (C=O) groups excluding carboxylic acids is 1. The van der Waals surface area contributed by atoms with Gasteiger partial charge in [0.25, 0.3) is 0 Å². The van der Waals surface area contributed by atoms with Gasteiger partial charge < -0.3 is 14.6 Å². The first-order chi connectivity index (χ1) is 16.2. The Hall–Kier alpha value is -1.30. The van der Waals surface area contributed by atoms with E-state index in [-0.39, 0.29) is 29.0 Å². The largest absolute Gasteiger partial charge is 0.469 e. The van der Waals surface area contributed by atoms with Gasteiger partial charge in [0.05, 0.1) is 25.9 Å². The van der Waals surface area contributed by atoms with Gasteiger partial charge in [0.1, 0.15) is 0 Å². The minimum Gasteiger partial charge on any atom is -0.469 e. The summed E-state index contributed by atoms with van der Waals surface area (Å²) in [4.78, 5) is 14.5. The Bertz CT molecular complexity index is 786. The van der Waals surface area contributed by atoms with Crippen molar-refractivity contribution in [1.29, 1.82) is 0 Å². The topological polar surface area (TPSA) is 105 Å². The maximum Gasteiger partial charge on any atom is 0.305 e.